The number of hydrogen-bond acceptors (Lipinski definition) is 3. The van der Waals surface area contributed by atoms with E-state index in [4.69, 9.17) is 16.7 Å². The van der Waals surface area contributed by atoms with Crippen molar-refractivity contribution in [1.29, 1.82) is 0 Å². The first-order valence-electron chi connectivity index (χ1n) is 9.47. The molecule has 0 spiro atoms. The largest absolute Gasteiger partial charge is 0.481 e. The third kappa shape index (κ3) is 4.42. The summed E-state index contributed by atoms with van der Waals surface area (Å²) in [6.45, 7) is 1.87. The van der Waals surface area contributed by atoms with E-state index in [1.165, 1.54) is 15.9 Å². The molecule has 0 aliphatic carbocycles. The van der Waals surface area contributed by atoms with Gasteiger partial charge in [-0.2, -0.15) is 13.2 Å². The minimum Gasteiger partial charge on any atom is -0.481 e. The van der Waals surface area contributed by atoms with Crippen LogP contribution in [-0.2, 0) is 17.4 Å². The molecule has 0 saturated heterocycles. The van der Waals surface area contributed by atoms with Crippen LogP contribution < -0.4 is 0 Å². The van der Waals surface area contributed by atoms with Crippen molar-refractivity contribution in [3.8, 4) is 26.8 Å². The van der Waals surface area contributed by atoms with Crippen molar-refractivity contribution < 1.29 is 23.1 Å². The van der Waals surface area contributed by atoms with E-state index in [1.807, 2.05) is 19.1 Å². The van der Waals surface area contributed by atoms with Gasteiger partial charge in [-0.05, 0) is 47.9 Å². The molecule has 4 aromatic rings. The molecule has 0 unspecified atom stereocenters. The Labute approximate surface area is 190 Å². The number of benzene rings is 2. The fourth-order valence-corrected chi connectivity index (χ4v) is 4.72. The second-order valence-electron chi connectivity index (χ2n) is 7.15. The van der Waals surface area contributed by atoms with Gasteiger partial charge in [0.05, 0.1) is 22.0 Å². The highest BCUT2D eigenvalue weighted by Crippen LogP contribution is 2.39. The predicted octanol–water partition coefficient (Wildman–Crippen LogP) is 6.88. The van der Waals surface area contributed by atoms with Crippen LogP contribution in [0.5, 0.6) is 0 Å². The third-order valence-corrected chi connectivity index (χ3v) is 6.28. The summed E-state index contributed by atoms with van der Waals surface area (Å²) in [6.07, 6.45) is -3.73. The molecule has 0 radical (unpaired) electrons. The van der Waals surface area contributed by atoms with Gasteiger partial charge < -0.3 is 5.11 Å². The Morgan fingerprint density at radius 1 is 1.12 bits per heavy atom. The molecular weight excluding hydrogens is 461 g/mol. The van der Waals surface area contributed by atoms with Gasteiger partial charge in [0.25, 0.3) is 0 Å². The van der Waals surface area contributed by atoms with Gasteiger partial charge in [0.2, 0.25) is 0 Å². The predicted molar refractivity (Wildman–Crippen MR) is 118 cm³/mol. The van der Waals surface area contributed by atoms with Crippen molar-refractivity contribution in [3.63, 3.8) is 0 Å². The second-order valence-corrected chi connectivity index (χ2v) is 8.64. The maximum Gasteiger partial charge on any atom is 0.434 e. The van der Waals surface area contributed by atoms with E-state index in [0.717, 1.165) is 22.2 Å². The number of imidazole rings is 1. The number of carboxylic acid groups (broad SMARTS) is 1. The number of hydrogen-bond donors (Lipinski definition) is 1. The molecule has 4 nitrogen and oxygen atoms in total. The zero-order valence-corrected chi connectivity index (χ0v) is 18.2. The Balaban J connectivity index is 1.78. The van der Waals surface area contributed by atoms with Crippen LogP contribution >= 0.6 is 22.9 Å². The highest BCUT2D eigenvalue weighted by atomic mass is 35.5. The van der Waals surface area contributed by atoms with E-state index in [0.29, 0.717) is 21.2 Å². The smallest absolute Gasteiger partial charge is 0.434 e. The average molecular weight is 477 g/mol. The number of aryl methyl sites for hydroxylation is 1. The zero-order valence-electron chi connectivity index (χ0n) is 16.7. The third-order valence-electron chi connectivity index (χ3n) is 4.85. The van der Waals surface area contributed by atoms with Crippen molar-refractivity contribution in [2.75, 3.05) is 0 Å². The zero-order chi connectivity index (χ0) is 23.0. The molecule has 0 amide bonds. The Hall–Kier alpha value is -3.10. The van der Waals surface area contributed by atoms with Gasteiger partial charge in [0.1, 0.15) is 0 Å². The summed E-state index contributed by atoms with van der Waals surface area (Å²) in [6, 6.07) is 15.5. The number of aliphatic carboxylic acids is 1. The molecule has 4 rings (SSSR count). The Kier molecular flexibility index (Phi) is 5.83. The van der Waals surface area contributed by atoms with Crippen LogP contribution in [0.4, 0.5) is 13.2 Å². The summed E-state index contributed by atoms with van der Waals surface area (Å²) in [7, 11) is 0. The average Bonchev–Trinajstić information content (AvgIpc) is 3.35. The van der Waals surface area contributed by atoms with Crippen LogP contribution in [0.1, 0.15) is 16.8 Å². The van der Waals surface area contributed by atoms with E-state index in [2.05, 4.69) is 4.98 Å². The van der Waals surface area contributed by atoms with Crippen LogP contribution in [0, 0.1) is 6.92 Å². The molecule has 0 aliphatic rings. The van der Waals surface area contributed by atoms with Crippen molar-refractivity contribution in [3.05, 3.63) is 82.6 Å². The SMILES string of the molecule is Cc1cc(CC(=O)O)ccc1-c1ccc(-c2nc(C(F)(F)F)cn2-c2ccccc2Cl)s1. The molecule has 2 heterocycles. The van der Waals surface area contributed by atoms with Gasteiger partial charge in [0.15, 0.2) is 11.5 Å². The van der Waals surface area contributed by atoms with Crippen molar-refractivity contribution in [1.82, 2.24) is 9.55 Å². The van der Waals surface area contributed by atoms with Crippen molar-refractivity contribution in [2.45, 2.75) is 19.5 Å². The van der Waals surface area contributed by atoms with Crippen LogP contribution in [0.25, 0.3) is 26.8 Å². The van der Waals surface area contributed by atoms with Crippen LogP contribution in [0.3, 0.4) is 0 Å². The number of nitrogens with zero attached hydrogens (tertiary/aromatic N) is 2. The number of rotatable bonds is 5. The standard InChI is InChI=1S/C23H16ClF3N2O2S/c1-13-10-14(11-21(30)31)6-7-15(13)18-8-9-19(32-18)22-28-20(23(25,26)27)12-29(22)17-5-3-2-4-16(17)24/h2-10,12H,11H2,1H3,(H,30,31). The molecule has 2 aromatic heterocycles. The van der Waals surface area contributed by atoms with Gasteiger partial charge in [-0.25, -0.2) is 4.98 Å². The van der Waals surface area contributed by atoms with E-state index in [-0.39, 0.29) is 12.2 Å². The molecular formula is C23H16ClF3N2O2S. The van der Waals surface area contributed by atoms with E-state index in [9.17, 15) is 18.0 Å². The monoisotopic (exact) mass is 476 g/mol. The normalized spacial score (nSPS) is 11.7. The number of para-hydroxylation sites is 1. The lowest BCUT2D eigenvalue weighted by molar-refractivity contribution is -0.141. The van der Waals surface area contributed by atoms with Gasteiger partial charge in [-0.1, -0.05) is 41.9 Å². The van der Waals surface area contributed by atoms with Gasteiger partial charge in [0, 0.05) is 11.1 Å². The molecule has 9 heteroatoms. The number of alkyl halides is 3. The lowest BCUT2D eigenvalue weighted by atomic mass is 10.0. The van der Waals surface area contributed by atoms with Gasteiger partial charge in [-0.15, -0.1) is 11.3 Å². The Bertz CT molecular complexity index is 1310. The Morgan fingerprint density at radius 3 is 2.50 bits per heavy atom. The van der Waals surface area contributed by atoms with Crippen molar-refractivity contribution >= 4 is 28.9 Å². The van der Waals surface area contributed by atoms with Crippen LogP contribution in [-0.4, -0.2) is 20.6 Å². The van der Waals surface area contributed by atoms with E-state index in [1.54, 1.807) is 42.5 Å². The first-order valence-corrected chi connectivity index (χ1v) is 10.7. The van der Waals surface area contributed by atoms with Gasteiger partial charge in [-0.3, -0.25) is 9.36 Å². The fourth-order valence-electron chi connectivity index (χ4n) is 3.41. The molecule has 0 aliphatic heterocycles. The summed E-state index contributed by atoms with van der Waals surface area (Å²) in [5.74, 6) is -0.774. The first-order chi connectivity index (χ1) is 15.1. The molecule has 2 aromatic carbocycles. The Morgan fingerprint density at radius 2 is 1.84 bits per heavy atom. The topological polar surface area (TPSA) is 55.1 Å². The lowest BCUT2D eigenvalue weighted by Gasteiger charge is -2.08. The maximum absolute atomic E-state index is 13.4. The fraction of sp³-hybridized carbons (Fsp3) is 0.130. The summed E-state index contributed by atoms with van der Waals surface area (Å²) in [5, 5.41) is 9.28. The lowest BCUT2D eigenvalue weighted by Crippen LogP contribution is -2.04. The second kappa shape index (κ2) is 8.44. The number of thiophene rings is 1. The van der Waals surface area contributed by atoms with Crippen molar-refractivity contribution in [2.24, 2.45) is 0 Å². The molecule has 1 N–H and O–H groups in total. The summed E-state index contributed by atoms with van der Waals surface area (Å²) in [4.78, 5) is 16.2. The quantitative estimate of drug-likeness (QED) is 0.342. The maximum atomic E-state index is 13.4. The molecule has 32 heavy (non-hydrogen) atoms. The minimum absolute atomic E-state index is 0.0771. The molecule has 0 saturated carbocycles. The summed E-state index contributed by atoms with van der Waals surface area (Å²) < 4.78 is 41.6. The summed E-state index contributed by atoms with van der Waals surface area (Å²) in [5.41, 5.74) is 1.83. The molecule has 0 atom stereocenters. The number of carboxylic acids is 1. The van der Waals surface area contributed by atoms with Crippen LogP contribution in [0.2, 0.25) is 5.02 Å². The highest BCUT2D eigenvalue weighted by molar-refractivity contribution is 7.18. The van der Waals surface area contributed by atoms with E-state index >= 15 is 0 Å². The highest BCUT2D eigenvalue weighted by Gasteiger charge is 2.35. The number of halogens is 4. The molecule has 164 valence electrons. The number of aromatic nitrogens is 2. The van der Waals surface area contributed by atoms with E-state index < -0.39 is 17.8 Å². The summed E-state index contributed by atoms with van der Waals surface area (Å²) >= 11 is 7.55. The first kappa shape index (κ1) is 22.1. The number of carbonyl (C=O) groups is 1. The molecule has 0 fully saturated rings. The minimum atomic E-state index is -4.60. The van der Waals surface area contributed by atoms with Gasteiger partial charge >= 0.3 is 12.1 Å². The van der Waals surface area contributed by atoms with Crippen LogP contribution in [0.15, 0.2) is 60.8 Å². The molecule has 0 bridgehead atoms.